The summed E-state index contributed by atoms with van der Waals surface area (Å²) in [5.41, 5.74) is 1.99. The van der Waals surface area contributed by atoms with E-state index in [0.29, 0.717) is 13.0 Å². The van der Waals surface area contributed by atoms with E-state index in [0.717, 1.165) is 51.4 Å². The average Bonchev–Trinajstić information content (AvgIpc) is 3.46. The zero-order chi connectivity index (χ0) is 20.1. The van der Waals surface area contributed by atoms with Crippen LogP contribution in [0.25, 0.3) is 0 Å². The quantitative estimate of drug-likeness (QED) is 0.810. The second-order valence-corrected chi connectivity index (χ2v) is 7.52. The van der Waals surface area contributed by atoms with E-state index >= 15 is 0 Å². The molecule has 0 radical (unpaired) electrons. The summed E-state index contributed by atoms with van der Waals surface area (Å²) in [7, 11) is 0. The van der Waals surface area contributed by atoms with Crippen LogP contribution in [0.3, 0.4) is 0 Å². The van der Waals surface area contributed by atoms with Crippen molar-refractivity contribution >= 4 is 17.5 Å². The van der Waals surface area contributed by atoms with E-state index in [1.165, 1.54) is 11.8 Å². The van der Waals surface area contributed by atoms with Gasteiger partial charge in [0.15, 0.2) is 5.76 Å². The number of carbonyl (C=O) groups is 2. The average molecular weight is 397 g/mol. The van der Waals surface area contributed by atoms with Gasteiger partial charge < -0.3 is 19.4 Å². The van der Waals surface area contributed by atoms with Gasteiger partial charge in [0.1, 0.15) is 6.04 Å². The van der Waals surface area contributed by atoms with Crippen molar-refractivity contribution < 1.29 is 18.7 Å². The SMILES string of the molecule is O=C(Nc1ccc(CCN2CCOCC2)cc1)[C@H]1CCCN1C(=O)c1ccco1. The predicted octanol–water partition coefficient (Wildman–Crippen LogP) is 2.40. The van der Waals surface area contributed by atoms with Crippen LogP contribution in [0.1, 0.15) is 29.0 Å². The number of furan rings is 1. The third-order valence-corrected chi connectivity index (χ3v) is 5.59. The zero-order valence-corrected chi connectivity index (χ0v) is 16.5. The van der Waals surface area contributed by atoms with Crippen molar-refractivity contribution in [3.05, 3.63) is 54.0 Å². The Labute approximate surface area is 170 Å². The summed E-state index contributed by atoms with van der Waals surface area (Å²) >= 11 is 0. The molecule has 3 heterocycles. The van der Waals surface area contributed by atoms with Crippen LogP contribution < -0.4 is 5.32 Å². The number of nitrogens with one attached hydrogen (secondary N) is 1. The summed E-state index contributed by atoms with van der Waals surface area (Å²) in [5, 5.41) is 2.96. The first-order valence-electron chi connectivity index (χ1n) is 10.2. The molecule has 0 bridgehead atoms. The van der Waals surface area contributed by atoms with Gasteiger partial charge in [-0.15, -0.1) is 0 Å². The van der Waals surface area contributed by atoms with E-state index in [1.807, 2.05) is 12.1 Å². The third-order valence-electron chi connectivity index (χ3n) is 5.59. The molecular weight excluding hydrogens is 370 g/mol. The Morgan fingerprint density at radius 1 is 1.07 bits per heavy atom. The lowest BCUT2D eigenvalue weighted by Crippen LogP contribution is -2.43. The molecule has 0 aliphatic carbocycles. The van der Waals surface area contributed by atoms with Gasteiger partial charge in [-0.1, -0.05) is 12.1 Å². The molecule has 1 atom stereocenters. The number of carbonyl (C=O) groups excluding carboxylic acids is 2. The fourth-order valence-corrected chi connectivity index (χ4v) is 3.92. The molecule has 2 saturated heterocycles. The fraction of sp³-hybridized carbons (Fsp3) is 0.455. The van der Waals surface area contributed by atoms with Crippen LogP contribution >= 0.6 is 0 Å². The first-order valence-corrected chi connectivity index (χ1v) is 10.2. The minimum absolute atomic E-state index is 0.150. The smallest absolute Gasteiger partial charge is 0.290 e. The van der Waals surface area contributed by atoms with Crippen LogP contribution in [0.5, 0.6) is 0 Å². The molecule has 2 amide bonds. The molecule has 29 heavy (non-hydrogen) atoms. The van der Waals surface area contributed by atoms with Crippen molar-refractivity contribution in [3.63, 3.8) is 0 Å². The molecule has 2 aliphatic heterocycles. The van der Waals surface area contributed by atoms with Gasteiger partial charge in [0, 0.05) is 31.9 Å². The molecule has 2 aromatic rings. The van der Waals surface area contributed by atoms with Crippen molar-refractivity contribution in [1.29, 1.82) is 0 Å². The highest BCUT2D eigenvalue weighted by molar-refractivity contribution is 6.00. The van der Waals surface area contributed by atoms with Gasteiger partial charge in [0.05, 0.1) is 19.5 Å². The zero-order valence-electron chi connectivity index (χ0n) is 16.5. The second kappa shape index (κ2) is 9.24. The number of nitrogens with zero attached hydrogens (tertiary/aromatic N) is 2. The second-order valence-electron chi connectivity index (χ2n) is 7.52. The number of hydrogen-bond donors (Lipinski definition) is 1. The Kier molecular flexibility index (Phi) is 6.27. The van der Waals surface area contributed by atoms with Crippen LogP contribution in [-0.2, 0) is 16.0 Å². The molecule has 4 rings (SSSR count). The number of amides is 2. The molecule has 7 heteroatoms. The first kappa shape index (κ1) is 19.7. The molecule has 154 valence electrons. The van der Waals surface area contributed by atoms with Gasteiger partial charge in [0.25, 0.3) is 5.91 Å². The minimum Gasteiger partial charge on any atom is -0.459 e. The highest BCUT2D eigenvalue weighted by Crippen LogP contribution is 2.22. The minimum atomic E-state index is -0.464. The number of hydrogen-bond acceptors (Lipinski definition) is 5. The predicted molar refractivity (Wildman–Crippen MR) is 109 cm³/mol. The molecule has 2 fully saturated rings. The number of ether oxygens (including phenoxy) is 1. The van der Waals surface area contributed by atoms with Crippen molar-refractivity contribution in [2.24, 2.45) is 0 Å². The molecule has 1 aromatic carbocycles. The third kappa shape index (κ3) is 4.86. The lowest BCUT2D eigenvalue weighted by molar-refractivity contribution is -0.119. The molecule has 0 saturated carbocycles. The van der Waals surface area contributed by atoms with Gasteiger partial charge in [-0.05, 0) is 49.1 Å². The topological polar surface area (TPSA) is 75.0 Å². The lowest BCUT2D eigenvalue weighted by atomic mass is 10.1. The molecule has 0 unspecified atom stereocenters. The maximum Gasteiger partial charge on any atom is 0.290 e. The normalized spacial score (nSPS) is 20.0. The monoisotopic (exact) mass is 397 g/mol. The highest BCUT2D eigenvalue weighted by Gasteiger charge is 2.35. The van der Waals surface area contributed by atoms with Gasteiger partial charge in [0.2, 0.25) is 5.91 Å². The van der Waals surface area contributed by atoms with E-state index in [4.69, 9.17) is 9.15 Å². The van der Waals surface area contributed by atoms with E-state index in [2.05, 4.69) is 22.3 Å². The summed E-state index contributed by atoms with van der Waals surface area (Å²) in [6, 6.07) is 10.8. The molecule has 2 aliphatic rings. The Bertz CT molecular complexity index is 813. The van der Waals surface area contributed by atoms with Gasteiger partial charge in [-0.25, -0.2) is 0 Å². The molecule has 1 aromatic heterocycles. The summed E-state index contributed by atoms with van der Waals surface area (Å²) in [4.78, 5) is 29.3. The van der Waals surface area contributed by atoms with E-state index in [9.17, 15) is 9.59 Å². The van der Waals surface area contributed by atoms with Crippen molar-refractivity contribution in [2.75, 3.05) is 44.7 Å². The summed E-state index contributed by atoms with van der Waals surface area (Å²) in [6.45, 7) is 5.18. The highest BCUT2D eigenvalue weighted by atomic mass is 16.5. The largest absolute Gasteiger partial charge is 0.459 e. The molecular formula is C22H27N3O4. The Balaban J connectivity index is 1.31. The maximum absolute atomic E-state index is 12.8. The number of morpholine rings is 1. The maximum atomic E-state index is 12.8. The van der Waals surface area contributed by atoms with Crippen LogP contribution in [-0.4, -0.2) is 67.0 Å². The first-order chi connectivity index (χ1) is 14.2. The van der Waals surface area contributed by atoms with Crippen LogP contribution in [0, 0.1) is 0 Å². The van der Waals surface area contributed by atoms with Crippen LogP contribution in [0.15, 0.2) is 47.1 Å². The molecule has 1 N–H and O–H groups in total. The number of benzene rings is 1. The summed E-state index contributed by atoms with van der Waals surface area (Å²) < 4.78 is 10.6. The van der Waals surface area contributed by atoms with E-state index in [-0.39, 0.29) is 17.6 Å². The molecule has 0 spiro atoms. The van der Waals surface area contributed by atoms with Crippen LogP contribution in [0.4, 0.5) is 5.69 Å². The summed E-state index contributed by atoms with van der Waals surface area (Å²) in [6.07, 6.45) is 3.92. The Morgan fingerprint density at radius 3 is 2.59 bits per heavy atom. The fourth-order valence-electron chi connectivity index (χ4n) is 3.92. The van der Waals surface area contributed by atoms with Gasteiger partial charge in [-0.3, -0.25) is 14.5 Å². The van der Waals surface area contributed by atoms with Crippen molar-refractivity contribution in [2.45, 2.75) is 25.3 Å². The lowest BCUT2D eigenvalue weighted by Gasteiger charge is -2.26. The Hall–Kier alpha value is -2.64. The van der Waals surface area contributed by atoms with E-state index < -0.39 is 6.04 Å². The van der Waals surface area contributed by atoms with E-state index in [1.54, 1.807) is 17.0 Å². The van der Waals surface area contributed by atoms with Crippen LogP contribution in [0.2, 0.25) is 0 Å². The summed E-state index contributed by atoms with van der Waals surface area (Å²) in [5.74, 6) is -0.107. The van der Waals surface area contributed by atoms with Crippen molar-refractivity contribution in [3.8, 4) is 0 Å². The number of rotatable bonds is 6. The number of anilines is 1. The van der Waals surface area contributed by atoms with Gasteiger partial charge >= 0.3 is 0 Å². The standard InChI is InChI=1S/C22H27N3O4/c26-21(19-3-1-10-25(19)22(27)20-4-2-14-29-20)23-18-7-5-17(6-8-18)9-11-24-12-15-28-16-13-24/h2,4-8,14,19H,1,3,9-13,15-16H2,(H,23,26)/t19-/m1/s1. The van der Waals surface area contributed by atoms with Crippen molar-refractivity contribution in [1.82, 2.24) is 9.80 Å². The Morgan fingerprint density at radius 2 is 1.86 bits per heavy atom. The molecule has 7 nitrogen and oxygen atoms in total. The number of likely N-dealkylation sites (tertiary alicyclic amines) is 1. The van der Waals surface area contributed by atoms with Gasteiger partial charge in [-0.2, -0.15) is 0 Å².